The average Bonchev–Trinajstić information content (AvgIpc) is 2.31. The Bertz CT molecular complexity index is 526. The minimum atomic E-state index is 0.284. The molecule has 94 valence electrons. The van der Waals surface area contributed by atoms with Gasteiger partial charge in [-0.1, -0.05) is 29.3 Å². The summed E-state index contributed by atoms with van der Waals surface area (Å²) in [5.74, 6) is 0. The van der Waals surface area contributed by atoms with Gasteiger partial charge in [-0.25, -0.2) is 0 Å². The molecule has 1 atom stereocenters. The molecule has 0 saturated heterocycles. The third-order valence-corrected chi connectivity index (χ3v) is 3.12. The molecule has 0 aliphatic carbocycles. The van der Waals surface area contributed by atoms with E-state index in [4.69, 9.17) is 0 Å². The first kappa shape index (κ1) is 12.6. The van der Waals surface area contributed by atoms with Crippen LogP contribution in [0.25, 0.3) is 0 Å². The lowest BCUT2D eigenvalue weighted by atomic mass is 10.0. The van der Waals surface area contributed by atoms with Crippen LogP contribution in [0.15, 0.2) is 36.5 Å². The van der Waals surface area contributed by atoms with Crippen LogP contribution in [0.3, 0.4) is 0 Å². The van der Waals surface area contributed by atoms with Crippen LogP contribution in [0.2, 0.25) is 0 Å². The van der Waals surface area contributed by atoms with E-state index in [1.54, 1.807) is 0 Å². The molecule has 0 radical (unpaired) electrons. The third kappa shape index (κ3) is 2.89. The zero-order valence-electron chi connectivity index (χ0n) is 11.5. The highest BCUT2D eigenvalue weighted by molar-refractivity contribution is 5.49. The predicted octanol–water partition coefficient (Wildman–Crippen LogP) is 4.18. The van der Waals surface area contributed by atoms with Crippen molar-refractivity contribution in [1.82, 2.24) is 4.98 Å². The van der Waals surface area contributed by atoms with E-state index in [1.807, 2.05) is 19.2 Å². The largest absolute Gasteiger partial charge is 0.377 e. The Labute approximate surface area is 109 Å². The van der Waals surface area contributed by atoms with Crippen molar-refractivity contribution in [2.75, 3.05) is 5.32 Å². The van der Waals surface area contributed by atoms with Gasteiger partial charge in [-0.3, -0.25) is 4.98 Å². The summed E-state index contributed by atoms with van der Waals surface area (Å²) in [5.41, 5.74) is 6.07. The molecule has 1 heterocycles. The van der Waals surface area contributed by atoms with Crippen LogP contribution >= 0.6 is 0 Å². The Kier molecular flexibility index (Phi) is 3.66. The molecule has 2 aromatic rings. The van der Waals surface area contributed by atoms with Crippen molar-refractivity contribution in [3.63, 3.8) is 0 Å². The molecule has 1 N–H and O–H groups in total. The highest BCUT2D eigenvalue weighted by Gasteiger charge is 2.07. The van der Waals surface area contributed by atoms with E-state index in [9.17, 15) is 0 Å². The average molecular weight is 240 g/mol. The minimum Gasteiger partial charge on any atom is -0.377 e. The van der Waals surface area contributed by atoms with Gasteiger partial charge >= 0.3 is 0 Å². The molecule has 1 aromatic carbocycles. The molecule has 0 saturated carbocycles. The van der Waals surface area contributed by atoms with Crippen LogP contribution in [-0.4, -0.2) is 4.98 Å². The van der Waals surface area contributed by atoms with E-state index in [-0.39, 0.29) is 6.04 Å². The Hall–Kier alpha value is -1.83. The Morgan fingerprint density at radius 2 is 1.72 bits per heavy atom. The fourth-order valence-electron chi connectivity index (χ4n) is 2.21. The molecule has 2 heteroatoms. The number of pyridine rings is 1. The summed E-state index contributed by atoms with van der Waals surface area (Å²) in [6.45, 7) is 8.48. The van der Waals surface area contributed by atoms with Gasteiger partial charge in [-0.2, -0.15) is 0 Å². The summed E-state index contributed by atoms with van der Waals surface area (Å²) in [6, 6.07) is 11.0. The fourth-order valence-corrected chi connectivity index (χ4v) is 2.21. The van der Waals surface area contributed by atoms with Gasteiger partial charge in [0, 0.05) is 12.2 Å². The SMILES string of the molecule is Cc1cc(C)cc(C(C)Nc2cccnc2C)c1. The molecule has 0 amide bonds. The second-order valence-electron chi connectivity index (χ2n) is 4.92. The Balaban J connectivity index is 2.22. The molecule has 0 spiro atoms. The van der Waals surface area contributed by atoms with Gasteiger partial charge in [0.2, 0.25) is 0 Å². The standard InChI is InChI=1S/C16H20N2/c1-11-8-12(2)10-15(9-11)13(3)18-16-6-5-7-17-14(16)4/h5-10,13,18H,1-4H3. The van der Waals surface area contributed by atoms with Crippen molar-refractivity contribution in [3.8, 4) is 0 Å². The first-order chi connectivity index (χ1) is 8.56. The first-order valence-electron chi connectivity index (χ1n) is 6.32. The van der Waals surface area contributed by atoms with Crippen molar-refractivity contribution in [3.05, 3.63) is 58.9 Å². The summed E-state index contributed by atoms with van der Waals surface area (Å²) < 4.78 is 0. The zero-order valence-corrected chi connectivity index (χ0v) is 11.5. The molecule has 1 aromatic heterocycles. The van der Waals surface area contributed by atoms with Crippen molar-refractivity contribution in [1.29, 1.82) is 0 Å². The molecule has 1 unspecified atom stereocenters. The summed E-state index contributed by atoms with van der Waals surface area (Å²) in [5, 5.41) is 3.52. The number of anilines is 1. The number of rotatable bonds is 3. The number of hydrogen-bond donors (Lipinski definition) is 1. The highest BCUT2D eigenvalue weighted by Crippen LogP contribution is 2.22. The summed E-state index contributed by atoms with van der Waals surface area (Å²) in [6.07, 6.45) is 1.82. The maximum Gasteiger partial charge on any atom is 0.0603 e. The maximum atomic E-state index is 4.30. The van der Waals surface area contributed by atoms with E-state index < -0.39 is 0 Å². The number of aryl methyl sites for hydroxylation is 3. The molecular formula is C16H20N2. The van der Waals surface area contributed by atoms with Crippen molar-refractivity contribution in [2.24, 2.45) is 0 Å². The predicted molar refractivity (Wildman–Crippen MR) is 76.9 cm³/mol. The van der Waals surface area contributed by atoms with Crippen molar-refractivity contribution < 1.29 is 0 Å². The third-order valence-electron chi connectivity index (χ3n) is 3.12. The summed E-state index contributed by atoms with van der Waals surface area (Å²) in [7, 11) is 0. The highest BCUT2D eigenvalue weighted by atomic mass is 14.9. The minimum absolute atomic E-state index is 0.284. The lowest BCUT2D eigenvalue weighted by Gasteiger charge is -2.18. The lowest BCUT2D eigenvalue weighted by Crippen LogP contribution is -2.08. The van der Waals surface area contributed by atoms with Gasteiger partial charge in [0.1, 0.15) is 0 Å². The van der Waals surface area contributed by atoms with Crippen molar-refractivity contribution in [2.45, 2.75) is 33.7 Å². The van der Waals surface area contributed by atoms with E-state index in [2.05, 4.69) is 55.3 Å². The van der Waals surface area contributed by atoms with Crippen LogP contribution in [-0.2, 0) is 0 Å². The second-order valence-corrected chi connectivity index (χ2v) is 4.92. The normalized spacial score (nSPS) is 12.2. The van der Waals surface area contributed by atoms with Crippen LogP contribution in [0.1, 0.15) is 35.3 Å². The van der Waals surface area contributed by atoms with Gasteiger partial charge in [-0.15, -0.1) is 0 Å². The first-order valence-corrected chi connectivity index (χ1v) is 6.32. The molecule has 0 fully saturated rings. The Morgan fingerprint density at radius 1 is 1.06 bits per heavy atom. The topological polar surface area (TPSA) is 24.9 Å². The number of nitrogens with one attached hydrogen (secondary N) is 1. The summed E-state index contributed by atoms with van der Waals surface area (Å²) in [4.78, 5) is 4.30. The van der Waals surface area contributed by atoms with Gasteiger partial charge in [0.15, 0.2) is 0 Å². The monoisotopic (exact) mass is 240 g/mol. The second kappa shape index (κ2) is 5.21. The number of nitrogens with zero attached hydrogens (tertiary/aromatic N) is 1. The smallest absolute Gasteiger partial charge is 0.0603 e. The molecule has 0 aliphatic heterocycles. The number of aromatic nitrogens is 1. The fraction of sp³-hybridized carbons (Fsp3) is 0.312. The van der Waals surface area contributed by atoms with Gasteiger partial charge in [0.25, 0.3) is 0 Å². The summed E-state index contributed by atoms with van der Waals surface area (Å²) >= 11 is 0. The Morgan fingerprint density at radius 3 is 2.33 bits per heavy atom. The van der Waals surface area contributed by atoms with Gasteiger partial charge in [-0.05, 0) is 45.4 Å². The quantitative estimate of drug-likeness (QED) is 0.870. The molecule has 0 aliphatic rings. The number of hydrogen-bond acceptors (Lipinski definition) is 2. The molecule has 2 rings (SSSR count). The van der Waals surface area contributed by atoms with E-state index in [0.717, 1.165) is 11.4 Å². The van der Waals surface area contributed by atoms with E-state index in [1.165, 1.54) is 16.7 Å². The number of benzene rings is 1. The van der Waals surface area contributed by atoms with Gasteiger partial charge in [0.05, 0.1) is 11.4 Å². The van der Waals surface area contributed by atoms with Crippen LogP contribution in [0.5, 0.6) is 0 Å². The van der Waals surface area contributed by atoms with E-state index >= 15 is 0 Å². The van der Waals surface area contributed by atoms with Gasteiger partial charge < -0.3 is 5.32 Å². The molecule has 2 nitrogen and oxygen atoms in total. The molecule has 0 bridgehead atoms. The molecular weight excluding hydrogens is 220 g/mol. The zero-order chi connectivity index (χ0) is 13.1. The van der Waals surface area contributed by atoms with Crippen LogP contribution < -0.4 is 5.32 Å². The van der Waals surface area contributed by atoms with Crippen LogP contribution in [0.4, 0.5) is 5.69 Å². The van der Waals surface area contributed by atoms with E-state index in [0.29, 0.717) is 0 Å². The lowest BCUT2D eigenvalue weighted by molar-refractivity contribution is 0.875. The maximum absolute atomic E-state index is 4.30. The van der Waals surface area contributed by atoms with Crippen molar-refractivity contribution >= 4 is 5.69 Å². The molecule has 18 heavy (non-hydrogen) atoms. The van der Waals surface area contributed by atoms with Crippen LogP contribution in [0, 0.1) is 20.8 Å².